The Kier molecular flexibility index (Phi) is 7.22. The van der Waals surface area contributed by atoms with Crippen LogP contribution in [-0.4, -0.2) is 57.8 Å². The van der Waals surface area contributed by atoms with E-state index in [0.717, 1.165) is 39.5 Å². The zero-order chi connectivity index (χ0) is 24.1. The first-order valence-corrected chi connectivity index (χ1v) is 11.4. The number of halogens is 3. The Hall–Kier alpha value is -3.32. The normalized spacial score (nSPS) is 15.9. The summed E-state index contributed by atoms with van der Waals surface area (Å²) < 4.78 is 46.4. The molecular weight excluding hydrogens is 473 g/mol. The fraction of sp³-hybridized carbons (Fsp3) is 0.381. The van der Waals surface area contributed by atoms with Crippen LogP contribution in [0.2, 0.25) is 0 Å². The number of nitrogens with zero attached hydrogens (tertiary/aromatic N) is 5. The summed E-state index contributed by atoms with van der Waals surface area (Å²) >= 11 is 1.38. The van der Waals surface area contributed by atoms with Gasteiger partial charge in [0.2, 0.25) is 11.7 Å². The van der Waals surface area contributed by atoms with Crippen molar-refractivity contribution in [3.8, 4) is 10.7 Å². The lowest BCUT2D eigenvalue weighted by atomic mass is 10.1. The lowest BCUT2D eigenvalue weighted by Gasteiger charge is -2.25. The molecule has 34 heavy (non-hydrogen) atoms. The molecule has 1 N–H and O–H groups in total. The molecule has 2 aromatic heterocycles. The summed E-state index contributed by atoms with van der Waals surface area (Å²) in [5.41, 5.74) is -1.45. The monoisotopic (exact) mass is 494 g/mol. The highest BCUT2D eigenvalue weighted by Gasteiger charge is 2.36. The van der Waals surface area contributed by atoms with Gasteiger partial charge in [0.25, 0.3) is 5.91 Å². The van der Waals surface area contributed by atoms with Crippen molar-refractivity contribution < 1.29 is 27.5 Å². The van der Waals surface area contributed by atoms with E-state index in [1.165, 1.54) is 23.5 Å². The van der Waals surface area contributed by atoms with Gasteiger partial charge in [0, 0.05) is 13.2 Å². The van der Waals surface area contributed by atoms with Crippen molar-refractivity contribution in [2.45, 2.75) is 31.7 Å². The SMILES string of the molecule is O=C(CN(C(=O)Cn1nnc(-c2cccs2)n1)c1ccccc1C(F)(F)F)NC[C@H]1CCCO1. The highest BCUT2D eigenvalue weighted by Crippen LogP contribution is 2.36. The zero-order valence-corrected chi connectivity index (χ0v) is 18.7. The molecule has 1 fully saturated rings. The van der Waals surface area contributed by atoms with E-state index in [0.29, 0.717) is 12.4 Å². The van der Waals surface area contributed by atoms with Crippen molar-refractivity contribution >= 4 is 28.8 Å². The fourth-order valence-electron chi connectivity index (χ4n) is 3.51. The summed E-state index contributed by atoms with van der Waals surface area (Å²) in [6.07, 6.45) is -3.21. The molecule has 1 aliphatic heterocycles. The lowest BCUT2D eigenvalue weighted by Crippen LogP contribution is -2.44. The minimum absolute atomic E-state index is 0.148. The van der Waals surface area contributed by atoms with Gasteiger partial charge in [-0.15, -0.1) is 21.5 Å². The molecule has 0 unspecified atom stereocenters. The molecule has 0 aliphatic carbocycles. The van der Waals surface area contributed by atoms with Crippen LogP contribution in [0.5, 0.6) is 0 Å². The molecule has 1 aliphatic rings. The van der Waals surface area contributed by atoms with Crippen molar-refractivity contribution in [1.29, 1.82) is 0 Å². The molecule has 1 atom stereocenters. The third-order valence-corrected chi connectivity index (χ3v) is 5.99. The van der Waals surface area contributed by atoms with Crippen LogP contribution in [-0.2, 0) is 27.0 Å². The third-order valence-electron chi connectivity index (χ3n) is 5.12. The molecule has 1 aromatic carbocycles. The van der Waals surface area contributed by atoms with Gasteiger partial charge in [-0.2, -0.15) is 18.0 Å². The third kappa shape index (κ3) is 5.78. The van der Waals surface area contributed by atoms with Crippen LogP contribution in [0.15, 0.2) is 41.8 Å². The van der Waals surface area contributed by atoms with Crippen LogP contribution in [0, 0.1) is 0 Å². The average molecular weight is 494 g/mol. The first-order chi connectivity index (χ1) is 16.3. The number of carbonyl (C=O) groups is 2. The van der Waals surface area contributed by atoms with Crippen LogP contribution < -0.4 is 10.2 Å². The smallest absolute Gasteiger partial charge is 0.376 e. The number of rotatable bonds is 8. The van der Waals surface area contributed by atoms with Crippen molar-refractivity contribution in [3.63, 3.8) is 0 Å². The summed E-state index contributed by atoms with van der Waals surface area (Å²) in [7, 11) is 0. The number of anilines is 1. The van der Waals surface area contributed by atoms with Gasteiger partial charge >= 0.3 is 6.18 Å². The van der Waals surface area contributed by atoms with Gasteiger partial charge in [0.15, 0.2) is 0 Å². The van der Waals surface area contributed by atoms with Gasteiger partial charge in [0.1, 0.15) is 13.1 Å². The van der Waals surface area contributed by atoms with Gasteiger partial charge in [0.05, 0.1) is 22.2 Å². The molecule has 0 spiro atoms. The van der Waals surface area contributed by atoms with Crippen molar-refractivity contribution in [3.05, 3.63) is 47.3 Å². The number of nitrogens with one attached hydrogen (secondary N) is 1. The second-order valence-electron chi connectivity index (χ2n) is 7.55. The van der Waals surface area contributed by atoms with Crippen LogP contribution in [0.1, 0.15) is 18.4 Å². The predicted molar refractivity (Wildman–Crippen MR) is 117 cm³/mol. The summed E-state index contributed by atoms with van der Waals surface area (Å²) in [6, 6.07) is 8.19. The van der Waals surface area contributed by atoms with Crippen molar-refractivity contribution in [2.75, 3.05) is 24.6 Å². The number of tetrazole rings is 1. The van der Waals surface area contributed by atoms with E-state index >= 15 is 0 Å². The quantitative estimate of drug-likeness (QED) is 0.517. The first-order valence-electron chi connectivity index (χ1n) is 10.5. The number of ether oxygens (including phenoxy) is 1. The molecule has 1 saturated heterocycles. The van der Waals surface area contributed by atoms with Crippen LogP contribution in [0.3, 0.4) is 0 Å². The maximum absolute atomic E-state index is 13.7. The van der Waals surface area contributed by atoms with Crippen LogP contribution in [0.25, 0.3) is 10.7 Å². The molecule has 4 rings (SSSR count). The van der Waals surface area contributed by atoms with E-state index in [4.69, 9.17) is 4.74 Å². The van der Waals surface area contributed by atoms with E-state index in [1.807, 2.05) is 5.38 Å². The van der Waals surface area contributed by atoms with Gasteiger partial charge in [-0.05, 0) is 41.6 Å². The highest BCUT2D eigenvalue weighted by atomic mass is 32.1. The minimum Gasteiger partial charge on any atom is -0.376 e. The molecular formula is C21H21F3N6O3S. The standard InChI is InChI=1S/C21H21F3N6O3S/c22-21(23,24)15-6-1-2-7-16(15)29(12-18(31)25-11-14-5-3-9-33-14)19(32)13-30-27-20(26-28-30)17-8-4-10-34-17/h1-2,4,6-8,10,14H,3,5,9,11-13H2,(H,25,31)/t14-/m1/s1. The number of carbonyl (C=O) groups excluding carboxylic acids is 2. The number of amides is 2. The number of aromatic nitrogens is 4. The van der Waals surface area contributed by atoms with E-state index in [-0.39, 0.29) is 12.6 Å². The number of hydrogen-bond acceptors (Lipinski definition) is 7. The van der Waals surface area contributed by atoms with E-state index in [9.17, 15) is 22.8 Å². The van der Waals surface area contributed by atoms with Gasteiger partial charge in [-0.3, -0.25) is 9.59 Å². The highest BCUT2D eigenvalue weighted by molar-refractivity contribution is 7.13. The number of thiophene rings is 1. The molecule has 3 heterocycles. The van der Waals surface area contributed by atoms with Crippen LogP contribution in [0.4, 0.5) is 18.9 Å². The zero-order valence-electron chi connectivity index (χ0n) is 17.9. The van der Waals surface area contributed by atoms with E-state index in [2.05, 4.69) is 20.7 Å². The Morgan fingerprint density at radius 2 is 2.06 bits per heavy atom. The second kappa shape index (κ2) is 10.3. The summed E-state index contributed by atoms with van der Waals surface area (Å²) in [5, 5.41) is 16.3. The number of hydrogen-bond donors (Lipinski definition) is 1. The minimum atomic E-state index is -4.72. The van der Waals surface area contributed by atoms with Crippen molar-refractivity contribution in [1.82, 2.24) is 25.5 Å². The Labute approximate surface area is 196 Å². The topological polar surface area (TPSA) is 102 Å². The molecule has 2 amide bonds. The molecule has 180 valence electrons. The average Bonchev–Trinajstić information content (AvgIpc) is 3.58. The molecule has 0 radical (unpaired) electrons. The van der Waals surface area contributed by atoms with Gasteiger partial charge < -0.3 is 15.0 Å². The van der Waals surface area contributed by atoms with Crippen molar-refractivity contribution in [2.24, 2.45) is 0 Å². The largest absolute Gasteiger partial charge is 0.418 e. The Bertz CT molecular complexity index is 1130. The second-order valence-corrected chi connectivity index (χ2v) is 8.50. The first kappa shape index (κ1) is 23.8. The van der Waals surface area contributed by atoms with Gasteiger partial charge in [-0.1, -0.05) is 18.2 Å². The number of benzene rings is 1. The van der Waals surface area contributed by atoms with Gasteiger partial charge in [-0.25, -0.2) is 0 Å². The summed E-state index contributed by atoms with van der Waals surface area (Å²) in [5.74, 6) is -1.11. The number of para-hydroxylation sites is 1. The summed E-state index contributed by atoms with van der Waals surface area (Å²) in [4.78, 5) is 28.2. The lowest BCUT2D eigenvalue weighted by molar-refractivity contribution is -0.137. The summed E-state index contributed by atoms with van der Waals surface area (Å²) in [6.45, 7) is -0.284. The van der Waals surface area contributed by atoms with E-state index in [1.54, 1.807) is 12.1 Å². The predicted octanol–water partition coefficient (Wildman–Crippen LogP) is 2.75. The molecule has 3 aromatic rings. The molecule has 13 heteroatoms. The molecule has 9 nitrogen and oxygen atoms in total. The molecule has 0 bridgehead atoms. The molecule has 0 saturated carbocycles. The van der Waals surface area contributed by atoms with Crippen LogP contribution >= 0.6 is 11.3 Å². The maximum Gasteiger partial charge on any atom is 0.418 e. The Morgan fingerprint density at radius 3 is 2.76 bits per heavy atom. The maximum atomic E-state index is 13.7. The van der Waals surface area contributed by atoms with E-state index < -0.39 is 42.3 Å². The number of alkyl halides is 3. The fourth-order valence-corrected chi connectivity index (χ4v) is 4.16. The Balaban J connectivity index is 1.54. The Morgan fingerprint density at radius 1 is 1.24 bits per heavy atom.